The Morgan fingerprint density at radius 2 is 2.28 bits per heavy atom. The molecular weight excluding hydrogens is 232 g/mol. The normalized spacial score (nSPS) is 10.1. The molecule has 0 fully saturated rings. The minimum Gasteiger partial charge on any atom is -0.482 e. The Hall–Kier alpha value is -1.88. The second-order valence-corrected chi connectivity index (χ2v) is 3.98. The minimum absolute atomic E-state index is 0.00773. The van der Waals surface area contributed by atoms with E-state index in [2.05, 4.69) is 11.9 Å². The molecule has 0 radical (unpaired) electrons. The molecule has 1 aromatic rings. The molecule has 0 saturated heterocycles. The maximum Gasteiger partial charge on any atom is 0.311 e. The van der Waals surface area contributed by atoms with Gasteiger partial charge in [0, 0.05) is 12.6 Å². The highest BCUT2D eigenvalue weighted by atomic mass is 16.6. The first-order chi connectivity index (χ1) is 8.58. The van der Waals surface area contributed by atoms with Gasteiger partial charge in [0.25, 0.3) is 0 Å². The van der Waals surface area contributed by atoms with Gasteiger partial charge in [-0.2, -0.15) is 0 Å². The van der Waals surface area contributed by atoms with Crippen LogP contribution in [0.3, 0.4) is 0 Å². The molecule has 0 aliphatic carbocycles. The Morgan fingerprint density at radius 1 is 1.56 bits per heavy atom. The molecule has 1 N–H and O–H groups in total. The zero-order valence-electron chi connectivity index (χ0n) is 10.7. The molecule has 0 amide bonds. The van der Waals surface area contributed by atoms with E-state index in [-0.39, 0.29) is 11.4 Å². The molecule has 1 aromatic carbocycles. The average Bonchev–Trinajstić information content (AvgIpc) is 2.36. The van der Waals surface area contributed by atoms with Crippen LogP contribution in [-0.2, 0) is 6.54 Å². The molecule has 5 nitrogen and oxygen atoms in total. The van der Waals surface area contributed by atoms with E-state index in [1.807, 2.05) is 13.0 Å². The summed E-state index contributed by atoms with van der Waals surface area (Å²) >= 11 is 0. The first kappa shape index (κ1) is 14.2. The quantitative estimate of drug-likeness (QED) is 0.459. The molecule has 0 aliphatic rings. The lowest BCUT2D eigenvalue weighted by Gasteiger charge is -2.09. The van der Waals surface area contributed by atoms with Crippen LogP contribution in [0.15, 0.2) is 30.4 Å². The number of nitrogens with one attached hydrogen (secondary N) is 1. The van der Waals surface area contributed by atoms with Crippen molar-refractivity contribution in [2.24, 2.45) is 0 Å². The van der Waals surface area contributed by atoms with Crippen molar-refractivity contribution in [1.29, 1.82) is 0 Å². The van der Waals surface area contributed by atoms with Crippen LogP contribution in [-0.4, -0.2) is 18.6 Å². The van der Waals surface area contributed by atoms with Gasteiger partial charge in [-0.3, -0.25) is 10.1 Å². The van der Waals surface area contributed by atoms with E-state index >= 15 is 0 Å². The van der Waals surface area contributed by atoms with Crippen molar-refractivity contribution in [2.75, 3.05) is 13.7 Å². The summed E-state index contributed by atoms with van der Waals surface area (Å²) in [7, 11) is 1.79. The molecule has 18 heavy (non-hydrogen) atoms. The first-order valence-electron chi connectivity index (χ1n) is 5.79. The van der Waals surface area contributed by atoms with Gasteiger partial charge < -0.3 is 10.1 Å². The number of rotatable bonds is 7. The third kappa shape index (κ3) is 3.85. The number of nitro benzene ring substituents is 1. The van der Waals surface area contributed by atoms with Crippen molar-refractivity contribution in [1.82, 2.24) is 5.32 Å². The Kier molecular flexibility index (Phi) is 5.32. The lowest BCUT2D eigenvalue weighted by atomic mass is 10.2. The largest absolute Gasteiger partial charge is 0.482 e. The van der Waals surface area contributed by atoms with Gasteiger partial charge in [0.2, 0.25) is 0 Å². The van der Waals surface area contributed by atoms with Crippen molar-refractivity contribution in [2.45, 2.75) is 19.9 Å². The van der Waals surface area contributed by atoms with Crippen LogP contribution in [0, 0.1) is 10.1 Å². The van der Waals surface area contributed by atoms with Gasteiger partial charge in [-0.25, -0.2) is 0 Å². The van der Waals surface area contributed by atoms with E-state index in [1.54, 1.807) is 13.1 Å². The predicted molar refractivity (Wildman–Crippen MR) is 70.8 cm³/mol. The summed E-state index contributed by atoms with van der Waals surface area (Å²) in [5.74, 6) is 0.287. The fourth-order valence-electron chi connectivity index (χ4n) is 1.42. The van der Waals surface area contributed by atoms with Crippen molar-refractivity contribution >= 4 is 5.69 Å². The summed E-state index contributed by atoms with van der Waals surface area (Å²) in [5.41, 5.74) is 1.75. The Morgan fingerprint density at radius 3 is 2.83 bits per heavy atom. The molecule has 1 rings (SSSR count). The minimum atomic E-state index is -0.427. The highest BCUT2D eigenvalue weighted by Crippen LogP contribution is 2.28. The summed E-state index contributed by atoms with van der Waals surface area (Å²) in [6.07, 6.45) is 0.797. The molecule has 0 aliphatic heterocycles. The van der Waals surface area contributed by atoms with Gasteiger partial charge in [-0.05, 0) is 30.7 Å². The number of hydrogen-bond donors (Lipinski definition) is 1. The highest BCUT2D eigenvalue weighted by Gasteiger charge is 2.15. The summed E-state index contributed by atoms with van der Waals surface area (Å²) in [4.78, 5) is 10.5. The molecule has 0 aromatic heterocycles. The second kappa shape index (κ2) is 6.76. The Bertz CT molecular complexity index is 444. The maximum absolute atomic E-state index is 11.0. The van der Waals surface area contributed by atoms with Crippen LogP contribution in [0.4, 0.5) is 5.69 Å². The van der Waals surface area contributed by atoms with E-state index in [9.17, 15) is 10.1 Å². The van der Waals surface area contributed by atoms with E-state index in [0.29, 0.717) is 13.2 Å². The standard InChI is InChI=1S/C13H18N2O3/c1-4-10(2)9-18-13-6-5-11(8-14-3)7-12(13)15(16)17/h5-7,14H,2,4,8-9H2,1,3H3. The van der Waals surface area contributed by atoms with Gasteiger partial charge >= 0.3 is 5.69 Å². The number of nitro groups is 1. The van der Waals surface area contributed by atoms with Crippen LogP contribution in [0.5, 0.6) is 5.75 Å². The lowest BCUT2D eigenvalue weighted by molar-refractivity contribution is -0.385. The molecule has 0 atom stereocenters. The van der Waals surface area contributed by atoms with E-state index in [1.165, 1.54) is 6.07 Å². The van der Waals surface area contributed by atoms with Gasteiger partial charge in [0.15, 0.2) is 5.75 Å². The van der Waals surface area contributed by atoms with Crippen LogP contribution < -0.4 is 10.1 Å². The summed E-state index contributed by atoms with van der Waals surface area (Å²) in [5, 5.41) is 13.9. The molecular formula is C13H18N2O3. The first-order valence-corrected chi connectivity index (χ1v) is 5.79. The average molecular weight is 250 g/mol. The monoisotopic (exact) mass is 250 g/mol. The smallest absolute Gasteiger partial charge is 0.311 e. The van der Waals surface area contributed by atoms with Crippen molar-refractivity contribution < 1.29 is 9.66 Å². The zero-order chi connectivity index (χ0) is 13.5. The number of ether oxygens (including phenoxy) is 1. The fraction of sp³-hybridized carbons (Fsp3) is 0.385. The summed E-state index contributed by atoms with van der Waals surface area (Å²) in [6, 6.07) is 4.97. The topological polar surface area (TPSA) is 64.4 Å². The predicted octanol–water partition coefficient (Wildman–Crippen LogP) is 2.66. The molecule has 98 valence electrons. The second-order valence-electron chi connectivity index (χ2n) is 3.98. The van der Waals surface area contributed by atoms with Crippen LogP contribution in [0.1, 0.15) is 18.9 Å². The summed E-state index contributed by atoms with van der Waals surface area (Å²) in [6.45, 7) is 6.67. The van der Waals surface area contributed by atoms with Crippen LogP contribution in [0.2, 0.25) is 0 Å². The van der Waals surface area contributed by atoms with E-state index < -0.39 is 4.92 Å². The summed E-state index contributed by atoms with van der Waals surface area (Å²) < 4.78 is 5.42. The molecule has 0 heterocycles. The van der Waals surface area contributed by atoms with Crippen LogP contribution in [0.25, 0.3) is 0 Å². The van der Waals surface area contributed by atoms with Crippen molar-refractivity contribution in [3.8, 4) is 5.75 Å². The fourth-order valence-corrected chi connectivity index (χ4v) is 1.42. The van der Waals surface area contributed by atoms with Gasteiger partial charge in [0.1, 0.15) is 6.61 Å². The number of hydrogen-bond acceptors (Lipinski definition) is 4. The van der Waals surface area contributed by atoms with Crippen LogP contribution >= 0.6 is 0 Å². The Balaban J connectivity index is 2.89. The number of nitrogens with zero attached hydrogens (tertiary/aromatic N) is 1. The van der Waals surface area contributed by atoms with Gasteiger partial charge in [-0.1, -0.05) is 19.6 Å². The molecule has 0 saturated carbocycles. The van der Waals surface area contributed by atoms with Gasteiger partial charge in [-0.15, -0.1) is 0 Å². The van der Waals surface area contributed by atoms with Crippen molar-refractivity contribution in [3.05, 3.63) is 46.0 Å². The van der Waals surface area contributed by atoms with E-state index in [0.717, 1.165) is 17.6 Å². The SMILES string of the molecule is C=C(CC)COc1ccc(CNC)cc1[N+](=O)[O-]. The van der Waals surface area contributed by atoms with E-state index in [4.69, 9.17) is 4.74 Å². The molecule has 5 heteroatoms. The number of benzene rings is 1. The zero-order valence-corrected chi connectivity index (χ0v) is 10.7. The van der Waals surface area contributed by atoms with Gasteiger partial charge in [0.05, 0.1) is 4.92 Å². The molecule has 0 spiro atoms. The maximum atomic E-state index is 11.0. The lowest BCUT2D eigenvalue weighted by Crippen LogP contribution is -2.07. The molecule has 0 unspecified atom stereocenters. The van der Waals surface area contributed by atoms with Crippen molar-refractivity contribution in [3.63, 3.8) is 0 Å². The third-order valence-corrected chi connectivity index (χ3v) is 2.53. The third-order valence-electron chi connectivity index (χ3n) is 2.53. The highest BCUT2D eigenvalue weighted by molar-refractivity contribution is 5.48. The Labute approximate surface area is 107 Å². The molecule has 0 bridgehead atoms.